The van der Waals surface area contributed by atoms with E-state index >= 15 is 0 Å². The molecule has 15 heavy (non-hydrogen) atoms. The average Bonchev–Trinajstić information content (AvgIpc) is 2.15. The lowest BCUT2D eigenvalue weighted by Crippen LogP contribution is -2.35. The van der Waals surface area contributed by atoms with E-state index in [1.807, 2.05) is 0 Å². The van der Waals surface area contributed by atoms with Crippen molar-refractivity contribution in [3.63, 3.8) is 0 Å². The molecule has 2 rings (SSSR count). The quantitative estimate of drug-likeness (QED) is 0.802. The van der Waals surface area contributed by atoms with Gasteiger partial charge in [-0.1, -0.05) is 24.6 Å². The maximum absolute atomic E-state index is 9.48. The summed E-state index contributed by atoms with van der Waals surface area (Å²) >= 11 is 0. The summed E-state index contributed by atoms with van der Waals surface area (Å²) in [6, 6.07) is 6.46. The summed E-state index contributed by atoms with van der Waals surface area (Å²) in [6.45, 7) is 4.69. The molecule has 0 heterocycles. The fourth-order valence-corrected chi connectivity index (χ4v) is 2.57. The molecule has 0 saturated heterocycles. The van der Waals surface area contributed by atoms with Crippen LogP contribution in [0.4, 0.5) is 0 Å². The molecule has 0 radical (unpaired) electrons. The molecule has 1 saturated carbocycles. The number of aryl methyl sites for hydroxylation is 2. The average molecular weight is 204 g/mol. The maximum atomic E-state index is 9.48. The van der Waals surface area contributed by atoms with Gasteiger partial charge in [0.2, 0.25) is 0 Å². The molecule has 0 atom stereocenters. The van der Waals surface area contributed by atoms with Crippen molar-refractivity contribution in [3.8, 4) is 0 Å². The molecule has 82 valence electrons. The highest BCUT2D eigenvalue weighted by Gasteiger charge is 2.36. The maximum Gasteiger partial charge on any atom is 0.0490 e. The van der Waals surface area contributed by atoms with Crippen molar-refractivity contribution in [2.45, 2.75) is 39.5 Å². The molecular formula is C14H20O. The van der Waals surface area contributed by atoms with Crippen LogP contribution in [0.1, 0.15) is 36.0 Å². The van der Waals surface area contributed by atoms with Crippen molar-refractivity contribution in [3.05, 3.63) is 34.9 Å². The summed E-state index contributed by atoms with van der Waals surface area (Å²) in [5.74, 6) is 0. The van der Waals surface area contributed by atoms with E-state index in [0.29, 0.717) is 6.61 Å². The first-order valence-corrected chi connectivity index (χ1v) is 5.83. The van der Waals surface area contributed by atoms with E-state index in [1.165, 1.54) is 36.0 Å². The molecular weight excluding hydrogens is 184 g/mol. The van der Waals surface area contributed by atoms with E-state index in [2.05, 4.69) is 32.0 Å². The van der Waals surface area contributed by atoms with E-state index in [4.69, 9.17) is 0 Å². The highest BCUT2D eigenvalue weighted by atomic mass is 16.3. The SMILES string of the molecule is Cc1cccc(C)c1CC1(CO)CCC1. The van der Waals surface area contributed by atoms with Crippen LogP contribution < -0.4 is 0 Å². The van der Waals surface area contributed by atoms with Gasteiger partial charge in [-0.2, -0.15) is 0 Å². The summed E-state index contributed by atoms with van der Waals surface area (Å²) in [4.78, 5) is 0. The first kappa shape index (κ1) is 10.7. The first-order chi connectivity index (χ1) is 7.17. The van der Waals surface area contributed by atoms with Crippen molar-refractivity contribution < 1.29 is 5.11 Å². The standard InChI is InChI=1S/C14H20O/c1-11-5-3-6-12(2)13(11)9-14(10-15)7-4-8-14/h3,5-6,15H,4,7-10H2,1-2H3. The van der Waals surface area contributed by atoms with Crippen LogP contribution in [0.25, 0.3) is 0 Å². The topological polar surface area (TPSA) is 20.2 Å². The van der Waals surface area contributed by atoms with Gasteiger partial charge in [0, 0.05) is 6.61 Å². The lowest BCUT2D eigenvalue weighted by Gasteiger charge is -2.41. The minimum Gasteiger partial charge on any atom is -0.396 e. The van der Waals surface area contributed by atoms with E-state index in [1.54, 1.807) is 0 Å². The van der Waals surface area contributed by atoms with Crippen molar-refractivity contribution in [1.82, 2.24) is 0 Å². The summed E-state index contributed by atoms with van der Waals surface area (Å²) in [7, 11) is 0. The van der Waals surface area contributed by atoms with Crippen LogP contribution in [0, 0.1) is 19.3 Å². The summed E-state index contributed by atoms with van der Waals surface area (Å²) in [5, 5.41) is 9.48. The van der Waals surface area contributed by atoms with Crippen LogP contribution in [-0.2, 0) is 6.42 Å². The Kier molecular flexibility index (Phi) is 2.83. The second-order valence-corrected chi connectivity index (χ2v) is 5.06. The molecule has 0 aliphatic heterocycles. The van der Waals surface area contributed by atoms with Gasteiger partial charge in [-0.25, -0.2) is 0 Å². The number of rotatable bonds is 3. The van der Waals surface area contributed by atoms with E-state index in [0.717, 1.165) is 6.42 Å². The fourth-order valence-electron chi connectivity index (χ4n) is 2.57. The lowest BCUT2D eigenvalue weighted by molar-refractivity contribution is 0.0448. The third kappa shape index (κ3) is 1.93. The van der Waals surface area contributed by atoms with Crippen molar-refractivity contribution in [2.75, 3.05) is 6.61 Å². The van der Waals surface area contributed by atoms with Gasteiger partial charge in [-0.05, 0) is 55.2 Å². The normalized spacial score (nSPS) is 18.6. The third-order valence-electron chi connectivity index (χ3n) is 3.95. The zero-order chi connectivity index (χ0) is 10.9. The van der Waals surface area contributed by atoms with Gasteiger partial charge in [-0.15, -0.1) is 0 Å². The smallest absolute Gasteiger partial charge is 0.0490 e. The summed E-state index contributed by atoms with van der Waals surface area (Å²) < 4.78 is 0. The Morgan fingerprint density at radius 3 is 2.20 bits per heavy atom. The molecule has 1 aliphatic rings. The predicted octanol–water partition coefficient (Wildman–Crippen LogP) is 3.01. The molecule has 0 bridgehead atoms. The van der Waals surface area contributed by atoms with E-state index in [9.17, 15) is 5.11 Å². The van der Waals surface area contributed by atoms with Crippen molar-refractivity contribution in [1.29, 1.82) is 0 Å². The lowest BCUT2D eigenvalue weighted by atomic mass is 9.65. The molecule has 1 heteroatoms. The van der Waals surface area contributed by atoms with Gasteiger partial charge in [0.1, 0.15) is 0 Å². The molecule has 1 aromatic carbocycles. The van der Waals surface area contributed by atoms with Gasteiger partial charge in [0.05, 0.1) is 0 Å². The molecule has 0 amide bonds. The number of aliphatic hydroxyl groups excluding tert-OH is 1. The van der Waals surface area contributed by atoms with Gasteiger partial charge in [-0.3, -0.25) is 0 Å². The highest BCUT2D eigenvalue weighted by molar-refractivity contribution is 5.34. The van der Waals surface area contributed by atoms with Crippen LogP contribution in [0.3, 0.4) is 0 Å². The van der Waals surface area contributed by atoms with Gasteiger partial charge in [0.15, 0.2) is 0 Å². The highest BCUT2D eigenvalue weighted by Crippen LogP contribution is 2.44. The van der Waals surface area contributed by atoms with Gasteiger partial charge >= 0.3 is 0 Å². The Hall–Kier alpha value is -0.820. The minimum absolute atomic E-state index is 0.205. The minimum atomic E-state index is 0.205. The van der Waals surface area contributed by atoms with E-state index in [-0.39, 0.29) is 5.41 Å². The molecule has 1 nitrogen and oxygen atoms in total. The number of aliphatic hydroxyl groups is 1. The predicted molar refractivity (Wildman–Crippen MR) is 63.0 cm³/mol. The zero-order valence-electron chi connectivity index (χ0n) is 9.71. The van der Waals surface area contributed by atoms with Crippen molar-refractivity contribution >= 4 is 0 Å². The van der Waals surface area contributed by atoms with Crippen LogP contribution in [0.5, 0.6) is 0 Å². The number of hydrogen-bond acceptors (Lipinski definition) is 1. The molecule has 1 aliphatic carbocycles. The molecule has 0 spiro atoms. The Labute approximate surface area is 92.1 Å². The summed E-state index contributed by atoms with van der Waals surface area (Å²) in [6.07, 6.45) is 4.72. The van der Waals surface area contributed by atoms with Crippen LogP contribution in [0.15, 0.2) is 18.2 Å². The Morgan fingerprint density at radius 2 is 1.80 bits per heavy atom. The molecule has 0 unspecified atom stereocenters. The molecule has 1 aromatic rings. The zero-order valence-corrected chi connectivity index (χ0v) is 9.71. The van der Waals surface area contributed by atoms with Crippen LogP contribution in [-0.4, -0.2) is 11.7 Å². The second-order valence-electron chi connectivity index (χ2n) is 5.06. The fraction of sp³-hybridized carbons (Fsp3) is 0.571. The van der Waals surface area contributed by atoms with Crippen molar-refractivity contribution in [2.24, 2.45) is 5.41 Å². The van der Waals surface area contributed by atoms with Crippen LogP contribution >= 0.6 is 0 Å². The Bertz CT molecular complexity index is 325. The van der Waals surface area contributed by atoms with E-state index < -0.39 is 0 Å². The first-order valence-electron chi connectivity index (χ1n) is 5.83. The Morgan fingerprint density at radius 1 is 1.20 bits per heavy atom. The van der Waals surface area contributed by atoms with Gasteiger partial charge < -0.3 is 5.11 Å². The van der Waals surface area contributed by atoms with Crippen LogP contribution in [0.2, 0.25) is 0 Å². The molecule has 0 aromatic heterocycles. The number of hydrogen-bond donors (Lipinski definition) is 1. The monoisotopic (exact) mass is 204 g/mol. The molecule has 1 N–H and O–H groups in total. The number of benzene rings is 1. The Balaban J connectivity index is 2.23. The van der Waals surface area contributed by atoms with Gasteiger partial charge in [0.25, 0.3) is 0 Å². The summed E-state index contributed by atoms with van der Waals surface area (Å²) in [5.41, 5.74) is 4.40. The largest absolute Gasteiger partial charge is 0.396 e. The second kappa shape index (κ2) is 3.97. The molecule has 1 fully saturated rings. The third-order valence-corrected chi connectivity index (χ3v) is 3.95.